The Morgan fingerprint density at radius 3 is 2.56 bits per heavy atom. The van der Waals surface area contributed by atoms with Crippen LogP contribution in [-0.4, -0.2) is 56.6 Å². The normalized spacial score (nSPS) is 14.8. The number of hydrazone groups is 1. The molecular formula is C18H24N6O. The van der Waals surface area contributed by atoms with Crippen LogP contribution in [0, 0.1) is 6.92 Å². The maximum absolute atomic E-state index is 5.39. The summed E-state index contributed by atoms with van der Waals surface area (Å²) in [6, 6.07) is 10.1. The summed E-state index contributed by atoms with van der Waals surface area (Å²) < 4.78 is 5.39. The van der Waals surface area contributed by atoms with Crippen LogP contribution < -0.4 is 15.2 Å². The van der Waals surface area contributed by atoms with E-state index in [2.05, 4.69) is 42.4 Å². The Morgan fingerprint density at radius 2 is 1.88 bits per heavy atom. The first-order chi connectivity index (χ1) is 12.1. The van der Waals surface area contributed by atoms with Crippen LogP contribution in [0.3, 0.4) is 0 Å². The van der Waals surface area contributed by atoms with Crippen molar-refractivity contribution in [3.05, 3.63) is 41.7 Å². The molecule has 0 amide bonds. The predicted molar refractivity (Wildman–Crippen MR) is 102 cm³/mol. The first-order valence-corrected chi connectivity index (χ1v) is 8.37. The molecule has 1 aliphatic rings. The Hall–Kier alpha value is -2.67. The highest BCUT2D eigenvalue weighted by Gasteiger charge is 2.13. The third kappa shape index (κ3) is 4.67. The second-order valence-corrected chi connectivity index (χ2v) is 6.11. The zero-order chi connectivity index (χ0) is 17.6. The van der Waals surface area contributed by atoms with Crippen molar-refractivity contribution in [3.8, 4) is 0 Å². The van der Waals surface area contributed by atoms with Crippen LogP contribution in [0.15, 0.2) is 35.4 Å². The summed E-state index contributed by atoms with van der Waals surface area (Å²) in [5, 5.41) is 4.29. The van der Waals surface area contributed by atoms with Crippen LogP contribution in [0.5, 0.6) is 0 Å². The van der Waals surface area contributed by atoms with Crippen molar-refractivity contribution in [2.75, 3.05) is 55.6 Å². The van der Waals surface area contributed by atoms with Gasteiger partial charge >= 0.3 is 0 Å². The number of anilines is 3. The van der Waals surface area contributed by atoms with Gasteiger partial charge in [0.2, 0.25) is 0 Å². The number of nitrogens with one attached hydrogen (secondary N) is 1. The minimum Gasteiger partial charge on any atom is -0.378 e. The van der Waals surface area contributed by atoms with Gasteiger partial charge in [-0.25, -0.2) is 9.97 Å². The molecule has 1 aromatic carbocycles. The zero-order valence-corrected chi connectivity index (χ0v) is 14.9. The molecule has 0 aliphatic carbocycles. The van der Waals surface area contributed by atoms with E-state index >= 15 is 0 Å². The molecule has 3 rings (SSSR count). The van der Waals surface area contributed by atoms with Gasteiger partial charge in [-0.2, -0.15) is 5.10 Å². The van der Waals surface area contributed by atoms with Gasteiger partial charge < -0.3 is 14.5 Å². The Bertz CT molecular complexity index is 723. The minimum atomic E-state index is 0.690. The maximum atomic E-state index is 5.39. The van der Waals surface area contributed by atoms with Crippen LogP contribution in [0.1, 0.15) is 11.4 Å². The second kappa shape index (κ2) is 7.94. The SMILES string of the molecule is Cc1nc(NN=Cc2ccc(N(C)C)cc2)cc(N2CCOCC2)n1. The number of hydrogen-bond acceptors (Lipinski definition) is 7. The van der Waals surface area contributed by atoms with Gasteiger partial charge in [-0.3, -0.25) is 5.43 Å². The van der Waals surface area contributed by atoms with Crippen molar-refractivity contribution in [1.29, 1.82) is 0 Å². The standard InChI is InChI=1S/C18H24N6O/c1-14-20-17(12-18(21-14)24-8-10-25-11-9-24)22-19-13-15-4-6-16(7-5-15)23(2)3/h4-7,12-13H,8-11H2,1-3H3,(H,20,21,22). The molecule has 1 aromatic heterocycles. The summed E-state index contributed by atoms with van der Waals surface area (Å²) in [7, 11) is 4.04. The highest BCUT2D eigenvalue weighted by atomic mass is 16.5. The monoisotopic (exact) mass is 340 g/mol. The van der Waals surface area contributed by atoms with E-state index < -0.39 is 0 Å². The molecule has 1 aliphatic heterocycles. The van der Waals surface area contributed by atoms with E-state index in [-0.39, 0.29) is 0 Å². The third-order valence-corrected chi connectivity index (χ3v) is 3.96. The van der Waals surface area contributed by atoms with Gasteiger partial charge in [0.25, 0.3) is 0 Å². The predicted octanol–water partition coefficient (Wildman–Crippen LogP) is 2.13. The lowest BCUT2D eigenvalue weighted by atomic mass is 10.2. The van der Waals surface area contributed by atoms with E-state index in [0.717, 1.165) is 49.2 Å². The lowest BCUT2D eigenvalue weighted by Crippen LogP contribution is -2.36. The smallest absolute Gasteiger partial charge is 0.152 e. The number of rotatable bonds is 5. The number of aryl methyl sites for hydroxylation is 1. The average Bonchev–Trinajstić information content (AvgIpc) is 2.62. The molecule has 0 bridgehead atoms. The summed E-state index contributed by atoms with van der Waals surface area (Å²) in [5.74, 6) is 2.32. The van der Waals surface area contributed by atoms with Crippen LogP contribution in [0.25, 0.3) is 0 Å². The van der Waals surface area contributed by atoms with Crippen molar-refractivity contribution in [2.45, 2.75) is 6.92 Å². The molecule has 25 heavy (non-hydrogen) atoms. The lowest BCUT2D eigenvalue weighted by molar-refractivity contribution is 0.122. The quantitative estimate of drug-likeness (QED) is 0.664. The van der Waals surface area contributed by atoms with E-state index in [1.807, 2.05) is 39.2 Å². The fourth-order valence-corrected chi connectivity index (χ4v) is 2.60. The molecule has 1 saturated heterocycles. The summed E-state index contributed by atoms with van der Waals surface area (Å²) >= 11 is 0. The van der Waals surface area contributed by atoms with E-state index in [4.69, 9.17) is 4.74 Å². The Balaban J connectivity index is 1.66. The van der Waals surface area contributed by atoms with Crippen molar-refractivity contribution >= 4 is 23.5 Å². The van der Waals surface area contributed by atoms with Gasteiger partial charge in [0, 0.05) is 38.9 Å². The molecule has 0 saturated carbocycles. The van der Waals surface area contributed by atoms with Crippen molar-refractivity contribution < 1.29 is 4.74 Å². The molecule has 7 nitrogen and oxygen atoms in total. The summed E-state index contributed by atoms with van der Waals surface area (Å²) in [5.41, 5.74) is 5.19. The Morgan fingerprint density at radius 1 is 1.16 bits per heavy atom. The molecule has 1 N–H and O–H groups in total. The van der Waals surface area contributed by atoms with Gasteiger partial charge in [-0.05, 0) is 24.6 Å². The van der Waals surface area contributed by atoms with Crippen molar-refractivity contribution in [2.24, 2.45) is 5.10 Å². The minimum absolute atomic E-state index is 0.690. The largest absolute Gasteiger partial charge is 0.378 e. The van der Waals surface area contributed by atoms with Crippen LogP contribution in [0.4, 0.5) is 17.3 Å². The third-order valence-electron chi connectivity index (χ3n) is 3.96. The number of ether oxygens (including phenoxy) is 1. The van der Waals surface area contributed by atoms with Crippen LogP contribution >= 0.6 is 0 Å². The van der Waals surface area contributed by atoms with Crippen LogP contribution in [0.2, 0.25) is 0 Å². The fraction of sp³-hybridized carbons (Fsp3) is 0.389. The van der Waals surface area contributed by atoms with E-state index in [1.165, 1.54) is 0 Å². The number of nitrogens with zero attached hydrogens (tertiary/aromatic N) is 5. The maximum Gasteiger partial charge on any atom is 0.152 e. The second-order valence-electron chi connectivity index (χ2n) is 6.11. The molecule has 0 unspecified atom stereocenters. The van der Waals surface area contributed by atoms with Gasteiger partial charge in [0.15, 0.2) is 5.82 Å². The molecule has 1 fully saturated rings. The average molecular weight is 340 g/mol. The molecule has 0 spiro atoms. The highest BCUT2D eigenvalue weighted by molar-refractivity contribution is 5.80. The number of benzene rings is 1. The van der Waals surface area contributed by atoms with E-state index in [9.17, 15) is 0 Å². The molecular weight excluding hydrogens is 316 g/mol. The number of morpholine rings is 1. The van der Waals surface area contributed by atoms with Gasteiger partial charge in [-0.1, -0.05) is 12.1 Å². The number of hydrogen-bond donors (Lipinski definition) is 1. The lowest BCUT2D eigenvalue weighted by Gasteiger charge is -2.28. The Labute approximate surface area is 148 Å². The van der Waals surface area contributed by atoms with E-state index in [1.54, 1.807) is 6.21 Å². The fourth-order valence-electron chi connectivity index (χ4n) is 2.60. The Kier molecular flexibility index (Phi) is 5.45. The van der Waals surface area contributed by atoms with Gasteiger partial charge in [-0.15, -0.1) is 0 Å². The molecule has 2 aromatic rings. The van der Waals surface area contributed by atoms with Crippen molar-refractivity contribution in [1.82, 2.24) is 9.97 Å². The molecule has 0 atom stereocenters. The summed E-state index contributed by atoms with van der Waals surface area (Å²) in [6.07, 6.45) is 1.78. The summed E-state index contributed by atoms with van der Waals surface area (Å²) in [6.45, 7) is 5.04. The zero-order valence-electron chi connectivity index (χ0n) is 14.9. The highest BCUT2D eigenvalue weighted by Crippen LogP contribution is 2.17. The summed E-state index contributed by atoms with van der Waals surface area (Å²) in [4.78, 5) is 13.2. The molecule has 132 valence electrons. The van der Waals surface area contributed by atoms with Gasteiger partial charge in [0.05, 0.1) is 19.4 Å². The molecule has 2 heterocycles. The first kappa shape index (κ1) is 17.2. The topological polar surface area (TPSA) is 65.9 Å². The van der Waals surface area contributed by atoms with Crippen LogP contribution in [-0.2, 0) is 4.74 Å². The van der Waals surface area contributed by atoms with Crippen molar-refractivity contribution in [3.63, 3.8) is 0 Å². The number of aromatic nitrogens is 2. The van der Waals surface area contributed by atoms with E-state index in [0.29, 0.717) is 5.82 Å². The van der Waals surface area contributed by atoms with Gasteiger partial charge in [0.1, 0.15) is 11.6 Å². The molecule has 7 heteroatoms. The first-order valence-electron chi connectivity index (χ1n) is 8.37. The molecule has 0 radical (unpaired) electrons.